The molecule has 1 unspecified atom stereocenters. The van der Waals surface area contributed by atoms with Crippen molar-refractivity contribution in [3.63, 3.8) is 0 Å². The lowest BCUT2D eigenvalue weighted by atomic mass is 10.2. The SMILES string of the molecule is COc1ccc(OC(C)C(=O)Nc2ccc(C)cc2OCc2ccccc2)cc1. The maximum Gasteiger partial charge on any atom is 0.265 e. The molecule has 0 radical (unpaired) electrons. The molecule has 0 saturated carbocycles. The second kappa shape index (κ2) is 9.64. The van der Waals surface area contributed by atoms with Crippen molar-refractivity contribution in [3.8, 4) is 17.2 Å². The van der Waals surface area contributed by atoms with Crippen molar-refractivity contribution in [1.82, 2.24) is 0 Å². The largest absolute Gasteiger partial charge is 0.497 e. The molecule has 1 atom stereocenters. The molecule has 0 bridgehead atoms. The van der Waals surface area contributed by atoms with Gasteiger partial charge in [-0.15, -0.1) is 0 Å². The maximum absolute atomic E-state index is 12.6. The maximum atomic E-state index is 12.6. The number of carbonyl (C=O) groups excluding carboxylic acids is 1. The Bertz CT molecular complexity index is 939. The minimum absolute atomic E-state index is 0.255. The van der Waals surface area contributed by atoms with E-state index >= 15 is 0 Å². The van der Waals surface area contributed by atoms with Crippen LogP contribution in [-0.4, -0.2) is 19.1 Å². The lowest BCUT2D eigenvalue weighted by Crippen LogP contribution is -2.30. The number of nitrogens with one attached hydrogen (secondary N) is 1. The monoisotopic (exact) mass is 391 g/mol. The topological polar surface area (TPSA) is 56.8 Å². The molecular formula is C24H25NO4. The van der Waals surface area contributed by atoms with Crippen molar-refractivity contribution >= 4 is 11.6 Å². The van der Waals surface area contributed by atoms with Crippen LogP contribution in [0.25, 0.3) is 0 Å². The van der Waals surface area contributed by atoms with Crippen molar-refractivity contribution < 1.29 is 19.0 Å². The van der Waals surface area contributed by atoms with Crippen molar-refractivity contribution in [3.05, 3.63) is 83.9 Å². The van der Waals surface area contributed by atoms with Crippen molar-refractivity contribution in [2.24, 2.45) is 0 Å². The molecule has 0 aromatic heterocycles. The number of hydrogen-bond donors (Lipinski definition) is 1. The quantitative estimate of drug-likeness (QED) is 0.588. The zero-order valence-electron chi connectivity index (χ0n) is 16.8. The molecule has 0 aliphatic rings. The average Bonchev–Trinajstić information content (AvgIpc) is 2.75. The Balaban J connectivity index is 1.65. The van der Waals surface area contributed by atoms with Crippen LogP contribution < -0.4 is 19.5 Å². The van der Waals surface area contributed by atoms with E-state index < -0.39 is 6.10 Å². The van der Waals surface area contributed by atoms with Crippen LogP contribution >= 0.6 is 0 Å². The first-order valence-corrected chi connectivity index (χ1v) is 9.44. The normalized spacial score (nSPS) is 11.4. The number of methoxy groups -OCH3 is 1. The summed E-state index contributed by atoms with van der Waals surface area (Å²) < 4.78 is 16.8. The minimum Gasteiger partial charge on any atom is -0.497 e. The summed E-state index contributed by atoms with van der Waals surface area (Å²) in [5.41, 5.74) is 2.72. The van der Waals surface area contributed by atoms with Crippen molar-refractivity contribution in [2.75, 3.05) is 12.4 Å². The number of carbonyl (C=O) groups is 1. The predicted octanol–water partition coefficient (Wildman–Crippen LogP) is 4.99. The van der Waals surface area contributed by atoms with Crippen LogP contribution in [-0.2, 0) is 11.4 Å². The molecule has 0 aliphatic heterocycles. The van der Waals surface area contributed by atoms with Gasteiger partial charge in [-0.1, -0.05) is 36.4 Å². The minimum atomic E-state index is -0.674. The molecule has 1 N–H and O–H groups in total. The molecule has 0 saturated heterocycles. The number of amides is 1. The van der Waals surface area contributed by atoms with Gasteiger partial charge >= 0.3 is 0 Å². The highest BCUT2D eigenvalue weighted by Crippen LogP contribution is 2.27. The molecule has 3 rings (SSSR count). The molecular weight excluding hydrogens is 366 g/mol. The molecule has 5 nitrogen and oxygen atoms in total. The van der Waals surface area contributed by atoms with Gasteiger partial charge in [-0.05, 0) is 61.4 Å². The van der Waals surface area contributed by atoms with Gasteiger partial charge in [-0.2, -0.15) is 0 Å². The van der Waals surface area contributed by atoms with E-state index in [2.05, 4.69) is 5.32 Å². The Morgan fingerprint density at radius 1 is 0.966 bits per heavy atom. The Morgan fingerprint density at radius 3 is 2.34 bits per heavy atom. The van der Waals surface area contributed by atoms with Crippen LogP contribution in [0.3, 0.4) is 0 Å². The Hall–Kier alpha value is -3.47. The molecule has 3 aromatic carbocycles. The van der Waals surface area contributed by atoms with E-state index in [9.17, 15) is 4.79 Å². The third kappa shape index (κ3) is 5.75. The zero-order chi connectivity index (χ0) is 20.6. The fourth-order valence-corrected chi connectivity index (χ4v) is 2.73. The summed E-state index contributed by atoms with van der Waals surface area (Å²) in [4.78, 5) is 12.6. The van der Waals surface area contributed by atoms with Gasteiger partial charge < -0.3 is 19.5 Å². The van der Waals surface area contributed by atoms with E-state index in [-0.39, 0.29) is 5.91 Å². The molecule has 1 amide bonds. The van der Waals surface area contributed by atoms with Crippen LogP contribution in [0.2, 0.25) is 0 Å². The number of rotatable bonds is 8. The smallest absolute Gasteiger partial charge is 0.265 e. The predicted molar refractivity (Wildman–Crippen MR) is 114 cm³/mol. The fraction of sp³-hybridized carbons (Fsp3) is 0.208. The fourth-order valence-electron chi connectivity index (χ4n) is 2.73. The summed E-state index contributed by atoms with van der Waals surface area (Å²) in [6.07, 6.45) is -0.674. The van der Waals surface area contributed by atoms with Gasteiger partial charge in [0, 0.05) is 0 Å². The van der Waals surface area contributed by atoms with Crippen LogP contribution in [0.1, 0.15) is 18.1 Å². The number of aryl methyl sites for hydroxylation is 1. The van der Waals surface area contributed by atoms with Crippen molar-refractivity contribution in [2.45, 2.75) is 26.6 Å². The molecule has 29 heavy (non-hydrogen) atoms. The average molecular weight is 391 g/mol. The highest BCUT2D eigenvalue weighted by atomic mass is 16.5. The molecule has 5 heteroatoms. The summed E-state index contributed by atoms with van der Waals surface area (Å²) in [6, 6.07) is 22.7. The molecule has 0 spiro atoms. The van der Waals surface area contributed by atoms with Crippen LogP contribution in [0.15, 0.2) is 72.8 Å². The third-order valence-electron chi connectivity index (χ3n) is 4.37. The van der Waals surface area contributed by atoms with E-state index in [0.717, 1.165) is 16.9 Å². The number of hydrogen-bond acceptors (Lipinski definition) is 4. The van der Waals surface area contributed by atoms with Gasteiger partial charge in [0.2, 0.25) is 0 Å². The van der Waals surface area contributed by atoms with Gasteiger partial charge in [0.1, 0.15) is 23.9 Å². The lowest BCUT2D eigenvalue weighted by molar-refractivity contribution is -0.122. The zero-order valence-corrected chi connectivity index (χ0v) is 16.8. The van der Waals surface area contributed by atoms with Crippen LogP contribution in [0, 0.1) is 6.92 Å². The Kier molecular flexibility index (Phi) is 6.74. The van der Waals surface area contributed by atoms with Crippen molar-refractivity contribution in [1.29, 1.82) is 0 Å². The molecule has 0 aliphatic carbocycles. The first kappa shape index (κ1) is 20.3. The summed E-state index contributed by atoms with van der Waals surface area (Å²) in [5, 5.41) is 2.90. The second-order valence-electron chi connectivity index (χ2n) is 6.70. The summed E-state index contributed by atoms with van der Waals surface area (Å²) in [5.74, 6) is 1.69. The molecule has 0 heterocycles. The number of ether oxygens (including phenoxy) is 3. The summed E-state index contributed by atoms with van der Waals surface area (Å²) in [6.45, 7) is 4.11. The van der Waals surface area contributed by atoms with E-state index in [1.807, 2.05) is 55.5 Å². The molecule has 0 fully saturated rings. The molecule has 150 valence electrons. The standard InChI is InChI=1S/C24H25NO4/c1-17-9-14-22(23(15-17)28-16-19-7-5-4-6-8-19)25-24(26)18(2)29-21-12-10-20(27-3)11-13-21/h4-15,18H,16H2,1-3H3,(H,25,26). The summed E-state index contributed by atoms with van der Waals surface area (Å²) >= 11 is 0. The van der Waals surface area contributed by atoms with E-state index in [4.69, 9.17) is 14.2 Å². The van der Waals surface area contributed by atoms with E-state index in [1.165, 1.54) is 0 Å². The first-order chi connectivity index (χ1) is 14.0. The van der Waals surface area contributed by atoms with Gasteiger partial charge in [-0.25, -0.2) is 0 Å². The van der Waals surface area contributed by atoms with Gasteiger partial charge in [0.05, 0.1) is 12.8 Å². The van der Waals surface area contributed by atoms with Gasteiger partial charge in [0.15, 0.2) is 6.10 Å². The molecule has 3 aromatic rings. The first-order valence-electron chi connectivity index (χ1n) is 9.44. The van der Waals surface area contributed by atoms with Gasteiger partial charge in [-0.3, -0.25) is 4.79 Å². The highest BCUT2D eigenvalue weighted by Gasteiger charge is 2.17. The number of anilines is 1. The lowest BCUT2D eigenvalue weighted by Gasteiger charge is -2.17. The van der Waals surface area contributed by atoms with E-state index in [0.29, 0.717) is 23.8 Å². The third-order valence-corrected chi connectivity index (χ3v) is 4.37. The van der Waals surface area contributed by atoms with Crippen LogP contribution in [0.4, 0.5) is 5.69 Å². The number of benzene rings is 3. The highest BCUT2D eigenvalue weighted by molar-refractivity contribution is 5.95. The van der Waals surface area contributed by atoms with Gasteiger partial charge in [0.25, 0.3) is 5.91 Å². The Labute approximate surface area is 171 Å². The van der Waals surface area contributed by atoms with Crippen LogP contribution in [0.5, 0.6) is 17.2 Å². The summed E-state index contributed by atoms with van der Waals surface area (Å²) in [7, 11) is 1.60. The van der Waals surface area contributed by atoms with E-state index in [1.54, 1.807) is 38.3 Å². The Morgan fingerprint density at radius 2 is 1.66 bits per heavy atom. The second-order valence-corrected chi connectivity index (χ2v) is 6.70.